The fourth-order valence-electron chi connectivity index (χ4n) is 2.17. The van der Waals surface area contributed by atoms with Gasteiger partial charge in [-0.1, -0.05) is 12.1 Å². The summed E-state index contributed by atoms with van der Waals surface area (Å²) in [5, 5.41) is 12.0. The van der Waals surface area contributed by atoms with Gasteiger partial charge in [-0.05, 0) is 48.4 Å². The van der Waals surface area contributed by atoms with Crippen LogP contribution in [0.1, 0.15) is 18.1 Å². The highest BCUT2D eigenvalue weighted by Crippen LogP contribution is 2.23. The fraction of sp³-hybridized carbons (Fsp3) is 0.167. The lowest BCUT2D eigenvalue weighted by Gasteiger charge is -2.09. The molecule has 0 heterocycles. The topological polar surface area (TPSA) is 58.6 Å². The number of carbonyl (C=O) groups is 1. The van der Waals surface area contributed by atoms with Crippen LogP contribution in [0.5, 0.6) is 5.75 Å². The lowest BCUT2D eigenvalue weighted by atomic mass is 10.1. The van der Waals surface area contributed by atoms with Crippen molar-refractivity contribution in [1.29, 1.82) is 0 Å². The first-order valence-corrected chi connectivity index (χ1v) is 7.06. The largest absolute Gasteiger partial charge is 0.496 e. The number of benzene rings is 2. The second-order valence-corrected chi connectivity index (χ2v) is 5.01. The molecule has 2 rings (SSSR count). The molecule has 23 heavy (non-hydrogen) atoms. The van der Waals surface area contributed by atoms with Crippen molar-refractivity contribution in [3.05, 3.63) is 65.5 Å². The molecule has 0 unspecified atom stereocenters. The van der Waals surface area contributed by atoms with Crippen molar-refractivity contribution in [3.8, 4) is 5.75 Å². The maximum absolute atomic E-state index is 13.2. The van der Waals surface area contributed by atoms with E-state index < -0.39 is 0 Å². The second kappa shape index (κ2) is 7.56. The number of halogens is 1. The Bertz CT molecular complexity index is 741. The van der Waals surface area contributed by atoms with Gasteiger partial charge in [-0.3, -0.25) is 4.79 Å². The first-order valence-electron chi connectivity index (χ1n) is 7.06. The maximum Gasteiger partial charge on any atom is 0.248 e. The summed E-state index contributed by atoms with van der Waals surface area (Å²) in [6.07, 6.45) is 1.40. The highest BCUT2D eigenvalue weighted by Gasteiger charge is 2.06. The molecule has 2 N–H and O–H groups in total. The number of hydrogen-bond acceptors (Lipinski definition) is 3. The van der Waals surface area contributed by atoms with Gasteiger partial charge in [0, 0.05) is 17.3 Å². The van der Waals surface area contributed by atoms with Crippen molar-refractivity contribution in [3.63, 3.8) is 0 Å². The number of hydrogen-bond donors (Lipinski definition) is 2. The molecule has 120 valence electrons. The molecule has 0 fully saturated rings. The van der Waals surface area contributed by atoms with Gasteiger partial charge in [-0.2, -0.15) is 0 Å². The summed E-state index contributed by atoms with van der Waals surface area (Å²) in [5.41, 5.74) is 2.42. The standard InChI is InChI=1S/C18H18FNO3/c1-12(13-4-3-5-15(19)9-13)8-18(22)20-16-6-7-17(23-2)14(10-16)11-21/h3-10,21H,11H2,1-2H3,(H,20,22)/b12-8-. The monoisotopic (exact) mass is 315 g/mol. The molecule has 0 bridgehead atoms. The molecule has 4 nitrogen and oxygen atoms in total. The van der Waals surface area contributed by atoms with E-state index in [0.29, 0.717) is 28.1 Å². The third-order valence-corrected chi connectivity index (χ3v) is 3.35. The van der Waals surface area contributed by atoms with Crippen LogP contribution in [0.15, 0.2) is 48.5 Å². The smallest absolute Gasteiger partial charge is 0.248 e. The molecule has 0 saturated heterocycles. The number of nitrogens with one attached hydrogen (secondary N) is 1. The minimum atomic E-state index is -0.349. The van der Waals surface area contributed by atoms with Gasteiger partial charge in [0.1, 0.15) is 11.6 Å². The van der Waals surface area contributed by atoms with E-state index in [9.17, 15) is 14.3 Å². The van der Waals surface area contributed by atoms with Crippen molar-refractivity contribution in [2.24, 2.45) is 0 Å². The third-order valence-electron chi connectivity index (χ3n) is 3.35. The van der Waals surface area contributed by atoms with E-state index in [1.54, 1.807) is 37.3 Å². The number of carbonyl (C=O) groups excluding carboxylic acids is 1. The summed E-state index contributed by atoms with van der Waals surface area (Å²) in [4.78, 5) is 12.1. The SMILES string of the molecule is COc1ccc(NC(=O)/C=C(/C)c2cccc(F)c2)cc1CO. The van der Waals surface area contributed by atoms with Crippen LogP contribution in [0.25, 0.3) is 5.57 Å². The predicted octanol–water partition coefficient (Wildman–Crippen LogP) is 3.37. The van der Waals surface area contributed by atoms with Crippen molar-refractivity contribution in [2.75, 3.05) is 12.4 Å². The van der Waals surface area contributed by atoms with Crippen molar-refractivity contribution in [2.45, 2.75) is 13.5 Å². The van der Waals surface area contributed by atoms with Gasteiger partial charge in [0.2, 0.25) is 5.91 Å². The number of allylic oxidation sites excluding steroid dienone is 1. The Labute approximate surface area is 134 Å². The van der Waals surface area contributed by atoms with Crippen LogP contribution in [0, 0.1) is 5.82 Å². The van der Waals surface area contributed by atoms with Gasteiger partial charge < -0.3 is 15.2 Å². The molecule has 0 aliphatic carbocycles. The van der Waals surface area contributed by atoms with E-state index in [-0.39, 0.29) is 18.3 Å². The van der Waals surface area contributed by atoms with Gasteiger partial charge in [0.15, 0.2) is 0 Å². The van der Waals surface area contributed by atoms with E-state index in [4.69, 9.17) is 4.74 Å². The molecular formula is C18H18FNO3. The number of ether oxygens (including phenoxy) is 1. The summed E-state index contributed by atoms with van der Waals surface area (Å²) >= 11 is 0. The zero-order chi connectivity index (χ0) is 16.8. The lowest BCUT2D eigenvalue weighted by Crippen LogP contribution is -2.09. The summed E-state index contributed by atoms with van der Waals surface area (Å²) in [7, 11) is 1.51. The van der Waals surface area contributed by atoms with Crippen LogP contribution < -0.4 is 10.1 Å². The van der Waals surface area contributed by atoms with Gasteiger partial charge >= 0.3 is 0 Å². The van der Waals surface area contributed by atoms with E-state index >= 15 is 0 Å². The molecule has 0 aliphatic rings. The molecule has 1 amide bonds. The van der Waals surface area contributed by atoms with Crippen LogP contribution in [0.3, 0.4) is 0 Å². The number of anilines is 1. The molecule has 0 radical (unpaired) electrons. The fourth-order valence-corrected chi connectivity index (χ4v) is 2.17. The minimum Gasteiger partial charge on any atom is -0.496 e. The zero-order valence-corrected chi connectivity index (χ0v) is 13.0. The molecule has 2 aromatic rings. The van der Waals surface area contributed by atoms with E-state index in [1.165, 1.54) is 25.3 Å². The molecule has 5 heteroatoms. The molecule has 0 saturated carbocycles. The van der Waals surface area contributed by atoms with Gasteiger partial charge in [-0.15, -0.1) is 0 Å². The molecular weight excluding hydrogens is 297 g/mol. The minimum absolute atomic E-state index is 0.189. The summed E-state index contributed by atoms with van der Waals surface area (Å²) in [5.74, 6) is -0.129. The van der Waals surface area contributed by atoms with Crippen LogP contribution in [-0.4, -0.2) is 18.1 Å². The maximum atomic E-state index is 13.2. The highest BCUT2D eigenvalue weighted by atomic mass is 19.1. The Kier molecular flexibility index (Phi) is 5.49. The zero-order valence-electron chi connectivity index (χ0n) is 13.0. The molecule has 2 aromatic carbocycles. The third kappa shape index (κ3) is 4.40. The van der Waals surface area contributed by atoms with Crippen molar-refractivity contribution in [1.82, 2.24) is 0 Å². The normalized spacial score (nSPS) is 11.2. The van der Waals surface area contributed by atoms with Crippen molar-refractivity contribution < 1.29 is 19.0 Å². The number of rotatable bonds is 5. The van der Waals surface area contributed by atoms with E-state index in [0.717, 1.165) is 0 Å². The van der Waals surface area contributed by atoms with Crippen LogP contribution in [0.4, 0.5) is 10.1 Å². The average molecular weight is 315 g/mol. The molecule has 0 spiro atoms. The van der Waals surface area contributed by atoms with Crippen LogP contribution >= 0.6 is 0 Å². The van der Waals surface area contributed by atoms with E-state index in [1.807, 2.05) is 0 Å². The Hall–Kier alpha value is -2.66. The quantitative estimate of drug-likeness (QED) is 0.832. The average Bonchev–Trinajstić information content (AvgIpc) is 2.54. The van der Waals surface area contributed by atoms with Crippen LogP contribution in [0.2, 0.25) is 0 Å². The molecule has 0 atom stereocenters. The Morgan fingerprint density at radius 2 is 2.09 bits per heavy atom. The van der Waals surface area contributed by atoms with Crippen LogP contribution in [-0.2, 0) is 11.4 Å². The Morgan fingerprint density at radius 1 is 1.30 bits per heavy atom. The number of amides is 1. The van der Waals surface area contributed by atoms with Crippen molar-refractivity contribution >= 4 is 17.2 Å². The lowest BCUT2D eigenvalue weighted by molar-refractivity contribution is -0.111. The predicted molar refractivity (Wildman–Crippen MR) is 87.6 cm³/mol. The van der Waals surface area contributed by atoms with Gasteiger partial charge in [0.25, 0.3) is 0 Å². The van der Waals surface area contributed by atoms with Gasteiger partial charge in [-0.25, -0.2) is 4.39 Å². The summed E-state index contributed by atoms with van der Waals surface area (Å²) in [6.45, 7) is 1.55. The first kappa shape index (κ1) is 16.7. The first-order chi connectivity index (χ1) is 11.0. The Balaban J connectivity index is 2.14. The van der Waals surface area contributed by atoms with E-state index in [2.05, 4.69) is 5.32 Å². The highest BCUT2D eigenvalue weighted by molar-refractivity contribution is 6.03. The number of aliphatic hydroxyl groups is 1. The number of methoxy groups -OCH3 is 1. The second-order valence-electron chi connectivity index (χ2n) is 5.01. The Morgan fingerprint density at radius 3 is 2.74 bits per heavy atom. The molecule has 0 aliphatic heterocycles. The summed E-state index contributed by atoms with van der Waals surface area (Å²) < 4.78 is 18.3. The van der Waals surface area contributed by atoms with Gasteiger partial charge in [0.05, 0.1) is 13.7 Å². The number of aliphatic hydroxyl groups excluding tert-OH is 1. The summed E-state index contributed by atoms with van der Waals surface area (Å²) in [6, 6.07) is 11.0. The molecule has 0 aromatic heterocycles.